The van der Waals surface area contributed by atoms with Crippen molar-refractivity contribution in [1.29, 1.82) is 0 Å². The fourth-order valence-electron chi connectivity index (χ4n) is 2.85. The van der Waals surface area contributed by atoms with Gasteiger partial charge in [0.25, 0.3) is 5.91 Å². The van der Waals surface area contributed by atoms with Crippen molar-refractivity contribution in [2.45, 2.75) is 13.0 Å². The molecule has 7 nitrogen and oxygen atoms in total. The van der Waals surface area contributed by atoms with Gasteiger partial charge >= 0.3 is 6.03 Å². The maximum absolute atomic E-state index is 12.5. The summed E-state index contributed by atoms with van der Waals surface area (Å²) < 4.78 is 10.7. The maximum Gasteiger partial charge on any atom is 0.321 e. The normalized spacial score (nSPS) is 21.5. The number of ether oxygens (including phenoxy) is 2. The van der Waals surface area contributed by atoms with Crippen LogP contribution in [0.3, 0.4) is 0 Å². The average Bonchev–Trinajstić information content (AvgIpc) is 2.62. The molecule has 0 radical (unpaired) electrons. The molecule has 0 bridgehead atoms. The molecule has 2 saturated heterocycles. The largest absolute Gasteiger partial charge is 0.378 e. The zero-order valence-corrected chi connectivity index (χ0v) is 13.9. The van der Waals surface area contributed by atoms with Crippen molar-refractivity contribution >= 4 is 17.6 Å². The molecule has 3 rings (SSSR count). The fraction of sp³-hybridized carbons (Fsp3) is 0.529. The van der Waals surface area contributed by atoms with Gasteiger partial charge in [0.05, 0.1) is 25.9 Å². The number of benzene rings is 1. The second kappa shape index (κ2) is 7.63. The molecule has 2 heterocycles. The number of anilines is 1. The zero-order chi connectivity index (χ0) is 16.9. The van der Waals surface area contributed by atoms with Gasteiger partial charge in [-0.05, 0) is 31.2 Å². The maximum atomic E-state index is 12.5. The van der Waals surface area contributed by atoms with Crippen molar-refractivity contribution in [3.8, 4) is 0 Å². The van der Waals surface area contributed by atoms with Crippen LogP contribution in [0.25, 0.3) is 0 Å². The van der Waals surface area contributed by atoms with Crippen LogP contribution in [0.2, 0.25) is 0 Å². The summed E-state index contributed by atoms with van der Waals surface area (Å²) in [6.45, 7) is 6.07. The van der Waals surface area contributed by atoms with E-state index in [0.717, 1.165) is 0 Å². The molecule has 0 aliphatic carbocycles. The Morgan fingerprint density at radius 2 is 1.71 bits per heavy atom. The minimum atomic E-state index is -0.139. The van der Waals surface area contributed by atoms with Crippen LogP contribution < -0.4 is 5.32 Å². The van der Waals surface area contributed by atoms with Gasteiger partial charge in [0.2, 0.25) is 0 Å². The van der Waals surface area contributed by atoms with E-state index in [1.807, 2.05) is 6.92 Å². The van der Waals surface area contributed by atoms with Crippen LogP contribution in [0, 0.1) is 0 Å². The number of nitrogens with one attached hydrogen (secondary N) is 1. The van der Waals surface area contributed by atoms with Crippen molar-refractivity contribution in [2.24, 2.45) is 0 Å². The fourth-order valence-corrected chi connectivity index (χ4v) is 2.85. The molecule has 1 N–H and O–H groups in total. The predicted octanol–water partition coefficient (Wildman–Crippen LogP) is 1.41. The van der Waals surface area contributed by atoms with E-state index in [-0.39, 0.29) is 18.0 Å². The van der Waals surface area contributed by atoms with E-state index in [4.69, 9.17) is 9.47 Å². The summed E-state index contributed by atoms with van der Waals surface area (Å²) in [6.07, 6.45) is 0.0646. The Hall–Kier alpha value is -2.12. The van der Waals surface area contributed by atoms with Crippen LogP contribution in [0.15, 0.2) is 24.3 Å². The first-order chi connectivity index (χ1) is 11.6. The summed E-state index contributed by atoms with van der Waals surface area (Å²) in [6, 6.07) is 6.87. The Labute approximate surface area is 141 Å². The molecule has 7 heteroatoms. The highest BCUT2D eigenvalue weighted by Crippen LogP contribution is 2.15. The highest BCUT2D eigenvalue weighted by atomic mass is 16.5. The van der Waals surface area contributed by atoms with Crippen molar-refractivity contribution in [1.82, 2.24) is 9.80 Å². The number of urea groups is 1. The van der Waals surface area contributed by atoms with Gasteiger partial charge in [0.1, 0.15) is 0 Å². The molecule has 24 heavy (non-hydrogen) atoms. The van der Waals surface area contributed by atoms with Gasteiger partial charge in [-0.2, -0.15) is 0 Å². The monoisotopic (exact) mass is 333 g/mol. The third-order valence-electron chi connectivity index (χ3n) is 4.21. The Kier molecular flexibility index (Phi) is 5.32. The highest BCUT2D eigenvalue weighted by Gasteiger charge is 2.22. The molecule has 2 fully saturated rings. The number of hydrogen-bond acceptors (Lipinski definition) is 4. The molecule has 1 unspecified atom stereocenters. The molecule has 130 valence electrons. The van der Waals surface area contributed by atoms with Crippen molar-refractivity contribution in [2.75, 3.05) is 51.3 Å². The van der Waals surface area contributed by atoms with Gasteiger partial charge < -0.3 is 24.6 Å². The second-order valence-electron chi connectivity index (χ2n) is 6.04. The minimum Gasteiger partial charge on any atom is -0.378 e. The third kappa shape index (κ3) is 4.04. The Morgan fingerprint density at radius 3 is 2.38 bits per heavy atom. The first kappa shape index (κ1) is 16.7. The number of amides is 3. The molecule has 0 spiro atoms. The smallest absolute Gasteiger partial charge is 0.321 e. The molecule has 2 aliphatic heterocycles. The van der Waals surface area contributed by atoms with E-state index in [9.17, 15) is 9.59 Å². The van der Waals surface area contributed by atoms with Gasteiger partial charge in [-0.25, -0.2) is 4.79 Å². The number of carbonyl (C=O) groups excluding carboxylic acids is 2. The molecule has 3 amide bonds. The molecule has 1 aromatic rings. The molecule has 0 aromatic heterocycles. The van der Waals surface area contributed by atoms with E-state index in [0.29, 0.717) is 57.3 Å². The second-order valence-corrected chi connectivity index (χ2v) is 6.04. The first-order valence-corrected chi connectivity index (χ1v) is 8.28. The third-order valence-corrected chi connectivity index (χ3v) is 4.21. The summed E-state index contributed by atoms with van der Waals surface area (Å²) in [5.74, 6) is -0.00351. The average molecular weight is 333 g/mol. The Balaban J connectivity index is 1.58. The highest BCUT2D eigenvalue weighted by molar-refractivity contribution is 5.95. The van der Waals surface area contributed by atoms with E-state index in [2.05, 4.69) is 5.32 Å². The first-order valence-electron chi connectivity index (χ1n) is 8.28. The van der Waals surface area contributed by atoms with Gasteiger partial charge in [-0.3, -0.25) is 4.79 Å². The minimum absolute atomic E-state index is 0.00351. The number of nitrogens with zero attached hydrogens (tertiary/aromatic N) is 2. The van der Waals surface area contributed by atoms with Crippen molar-refractivity contribution in [3.05, 3.63) is 29.8 Å². The number of rotatable bonds is 2. The van der Waals surface area contributed by atoms with Gasteiger partial charge in [-0.1, -0.05) is 0 Å². The number of carbonyl (C=O) groups is 2. The zero-order valence-electron chi connectivity index (χ0n) is 13.9. The summed E-state index contributed by atoms with van der Waals surface area (Å²) >= 11 is 0. The van der Waals surface area contributed by atoms with Crippen LogP contribution in [0.1, 0.15) is 17.3 Å². The predicted molar refractivity (Wildman–Crippen MR) is 89.2 cm³/mol. The van der Waals surface area contributed by atoms with Crippen LogP contribution in [0.4, 0.5) is 10.5 Å². The summed E-state index contributed by atoms with van der Waals surface area (Å²) in [5.41, 5.74) is 1.30. The molecule has 0 saturated carbocycles. The van der Waals surface area contributed by atoms with Crippen molar-refractivity contribution < 1.29 is 19.1 Å². The topological polar surface area (TPSA) is 71.1 Å². The van der Waals surface area contributed by atoms with Gasteiger partial charge in [0.15, 0.2) is 0 Å². The van der Waals surface area contributed by atoms with E-state index >= 15 is 0 Å². The van der Waals surface area contributed by atoms with Gasteiger partial charge in [-0.15, -0.1) is 0 Å². The lowest BCUT2D eigenvalue weighted by molar-refractivity contribution is -0.0124. The van der Waals surface area contributed by atoms with Crippen LogP contribution >= 0.6 is 0 Å². The lowest BCUT2D eigenvalue weighted by atomic mass is 10.1. The van der Waals surface area contributed by atoms with E-state index in [1.54, 1.807) is 34.1 Å². The molecule has 2 aliphatic rings. The van der Waals surface area contributed by atoms with Crippen LogP contribution in [0.5, 0.6) is 0 Å². The molecular formula is C17H23N3O4. The molecular weight excluding hydrogens is 310 g/mol. The van der Waals surface area contributed by atoms with E-state index in [1.165, 1.54) is 0 Å². The number of morpholine rings is 2. The number of hydrogen-bond donors (Lipinski definition) is 1. The Morgan fingerprint density at radius 1 is 1.04 bits per heavy atom. The lowest BCUT2D eigenvalue weighted by Gasteiger charge is -2.31. The van der Waals surface area contributed by atoms with Gasteiger partial charge in [0, 0.05) is 37.4 Å². The summed E-state index contributed by atoms with van der Waals surface area (Å²) in [4.78, 5) is 28.1. The SMILES string of the molecule is CC1CN(C(=O)c2ccc(NC(=O)N3CCOCC3)cc2)CCO1. The van der Waals surface area contributed by atoms with Crippen molar-refractivity contribution in [3.63, 3.8) is 0 Å². The summed E-state index contributed by atoms with van der Waals surface area (Å²) in [5, 5.41) is 2.85. The Bertz CT molecular complexity index is 584. The quantitative estimate of drug-likeness (QED) is 0.888. The molecule has 1 aromatic carbocycles. The van der Waals surface area contributed by atoms with Crippen LogP contribution in [-0.4, -0.2) is 73.8 Å². The summed E-state index contributed by atoms with van der Waals surface area (Å²) in [7, 11) is 0. The standard InChI is InChI=1S/C17H23N3O4/c1-13-12-20(8-11-24-13)16(21)14-2-4-15(5-3-14)18-17(22)19-6-9-23-10-7-19/h2-5,13H,6-12H2,1H3,(H,18,22). The van der Waals surface area contributed by atoms with Crippen LogP contribution in [-0.2, 0) is 9.47 Å². The molecule has 1 atom stereocenters. The lowest BCUT2D eigenvalue weighted by Crippen LogP contribution is -2.44. The van der Waals surface area contributed by atoms with E-state index < -0.39 is 0 Å².